The highest BCUT2D eigenvalue weighted by Gasteiger charge is 2.36. The van der Waals surface area contributed by atoms with Gasteiger partial charge in [0.1, 0.15) is 5.82 Å². The fourth-order valence-corrected chi connectivity index (χ4v) is 5.37. The maximum Gasteiger partial charge on any atom is 0.417 e. The Hall–Kier alpha value is -1.43. The van der Waals surface area contributed by atoms with E-state index in [1.807, 2.05) is 18.7 Å². The number of nitrogens with zero attached hydrogens (tertiary/aromatic N) is 4. The molecule has 2 aliphatic rings. The molecule has 28 heavy (non-hydrogen) atoms. The van der Waals surface area contributed by atoms with Gasteiger partial charge in [-0.2, -0.15) is 30.2 Å². The minimum Gasteiger partial charge on any atom is -0.373 e. The molecule has 3 rings (SSSR count). The number of pyridine rings is 1. The average Bonchev–Trinajstić information content (AvgIpc) is 2.87. The number of anilines is 1. The van der Waals surface area contributed by atoms with Gasteiger partial charge < -0.3 is 9.64 Å². The van der Waals surface area contributed by atoms with Gasteiger partial charge in [0.25, 0.3) is 10.2 Å². The van der Waals surface area contributed by atoms with Crippen LogP contribution in [0.15, 0.2) is 18.3 Å². The topological polar surface area (TPSA) is 66.0 Å². The van der Waals surface area contributed by atoms with E-state index in [1.165, 1.54) is 14.7 Å². The lowest BCUT2D eigenvalue weighted by atomic mass is 10.2. The largest absolute Gasteiger partial charge is 0.417 e. The van der Waals surface area contributed by atoms with Gasteiger partial charge in [-0.1, -0.05) is 0 Å². The number of aromatic nitrogens is 1. The second-order valence-electron chi connectivity index (χ2n) is 7.22. The van der Waals surface area contributed by atoms with Crippen LogP contribution in [0.25, 0.3) is 0 Å². The summed E-state index contributed by atoms with van der Waals surface area (Å²) in [5.41, 5.74) is -0.800. The first-order valence-electron chi connectivity index (χ1n) is 9.26. The van der Waals surface area contributed by atoms with Crippen molar-refractivity contribution in [2.75, 3.05) is 44.2 Å². The molecule has 0 spiro atoms. The van der Waals surface area contributed by atoms with Crippen LogP contribution >= 0.6 is 0 Å². The first-order valence-corrected chi connectivity index (χ1v) is 10.7. The molecule has 0 radical (unpaired) electrons. The van der Waals surface area contributed by atoms with Crippen molar-refractivity contribution in [1.82, 2.24) is 13.6 Å². The van der Waals surface area contributed by atoms with Crippen LogP contribution in [0.2, 0.25) is 0 Å². The van der Waals surface area contributed by atoms with Crippen LogP contribution in [0.1, 0.15) is 25.8 Å². The fourth-order valence-electron chi connectivity index (χ4n) is 3.58. The lowest BCUT2D eigenvalue weighted by Gasteiger charge is -2.37. The van der Waals surface area contributed by atoms with Crippen molar-refractivity contribution in [3.05, 3.63) is 23.9 Å². The quantitative estimate of drug-likeness (QED) is 0.745. The summed E-state index contributed by atoms with van der Waals surface area (Å²) in [4.78, 5) is 5.74. The molecule has 0 unspecified atom stereocenters. The zero-order valence-electron chi connectivity index (χ0n) is 15.9. The summed E-state index contributed by atoms with van der Waals surface area (Å²) in [6, 6.07) is 2.33. The number of rotatable bonds is 3. The van der Waals surface area contributed by atoms with E-state index >= 15 is 0 Å². The number of morpholine rings is 1. The Labute approximate surface area is 163 Å². The molecule has 0 aromatic carbocycles. The SMILES string of the molecule is C[C@@H]1CN(S(=O)(=O)N2CCCN(c3ccc(C(F)(F)F)cn3)CC2)C[C@@H](C)O1. The predicted octanol–water partition coefficient (Wildman–Crippen LogP) is 1.97. The standard InChI is InChI=1S/C17H25F3N4O3S/c1-13-11-24(12-14(2)27-13)28(25,26)23-7-3-6-22(8-9-23)16-5-4-15(10-21-16)17(18,19)20/h4-5,10,13-14H,3,6-9,11-12H2,1-2H3/t13-,14-/m1/s1. The van der Waals surface area contributed by atoms with E-state index in [-0.39, 0.29) is 18.8 Å². The molecule has 2 fully saturated rings. The highest BCUT2D eigenvalue weighted by atomic mass is 32.2. The Morgan fingerprint density at radius 3 is 2.29 bits per heavy atom. The van der Waals surface area contributed by atoms with E-state index in [4.69, 9.17) is 4.74 Å². The second kappa shape index (κ2) is 8.13. The van der Waals surface area contributed by atoms with Crippen molar-refractivity contribution in [2.45, 2.75) is 38.7 Å². The molecule has 0 N–H and O–H groups in total. The summed E-state index contributed by atoms with van der Waals surface area (Å²) in [7, 11) is -3.62. The number of hydrogen-bond donors (Lipinski definition) is 0. The Bertz CT molecular complexity index is 763. The smallest absolute Gasteiger partial charge is 0.373 e. The van der Waals surface area contributed by atoms with Gasteiger partial charge in [0.15, 0.2) is 0 Å². The van der Waals surface area contributed by atoms with Crippen molar-refractivity contribution >= 4 is 16.0 Å². The van der Waals surface area contributed by atoms with Crippen molar-refractivity contribution in [1.29, 1.82) is 0 Å². The third-order valence-electron chi connectivity index (χ3n) is 4.89. The van der Waals surface area contributed by atoms with Gasteiger partial charge in [0.05, 0.1) is 17.8 Å². The number of hydrogen-bond acceptors (Lipinski definition) is 5. The zero-order chi connectivity index (χ0) is 20.5. The maximum atomic E-state index is 13.0. The predicted molar refractivity (Wildman–Crippen MR) is 98.1 cm³/mol. The summed E-state index contributed by atoms with van der Waals surface area (Å²) in [5, 5.41) is 0. The first-order chi connectivity index (χ1) is 13.1. The summed E-state index contributed by atoms with van der Waals surface area (Å²) in [6.45, 7) is 5.83. The molecular weight excluding hydrogens is 397 g/mol. The molecule has 0 aliphatic carbocycles. The summed E-state index contributed by atoms with van der Waals surface area (Å²) >= 11 is 0. The molecular formula is C17H25F3N4O3S. The molecule has 0 saturated carbocycles. The van der Waals surface area contributed by atoms with Crippen molar-refractivity contribution in [3.8, 4) is 0 Å². The molecule has 2 saturated heterocycles. The minimum atomic E-state index is -4.43. The monoisotopic (exact) mass is 422 g/mol. The Morgan fingerprint density at radius 2 is 1.71 bits per heavy atom. The molecule has 0 amide bonds. The van der Waals surface area contributed by atoms with Crippen LogP contribution in [0, 0.1) is 0 Å². The Balaban J connectivity index is 1.67. The second-order valence-corrected chi connectivity index (χ2v) is 9.15. The molecule has 1 aromatic rings. The van der Waals surface area contributed by atoms with E-state index in [2.05, 4.69) is 4.98 Å². The van der Waals surface area contributed by atoms with Gasteiger partial charge in [0.2, 0.25) is 0 Å². The Kier molecular flexibility index (Phi) is 6.18. The zero-order valence-corrected chi connectivity index (χ0v) is 16.7. The molecule has 11 heteroatoms. The van der Waals surface area contributed by atoms with Gasteiger partial charge in [-0.15, -0.1) is 0 Å². The Morgan fingerprint density at radius 1 is 1.04 bits per heavy atom. The number of alkyl halides is 3. The molecule has 158 valence electrons. The minimum absolute atomic E-state index is 0.168. The van der Waals surface area contributed by atoms with E-state index in [0.29, 0.717) is 45.0 Å². The van der Waals surface area contributed by atoms with Crippen molar-refractivity contribution in [2.24, 2.45) is 0 Å². The molecule has 0 bridgehead atoms. The van der Waals surface area contributed by atoms with Gasteiger partial charge in [0, 0.05) is 45.5 Å². The van der Waals surface area contributed by atoms with Gasteiger partial charge >= 0.3 is 6.18 Å². The van der Waals surface area contributed by atoms with Crippen LogP contribution in [-0.4, -0.2) is 73.5 Å². The summed E-state index contributed by atoms with van der Waals surface area (Å²) < 4.78 is 72.7. The lowest BCUT2D eigenvalue weighted by molar-refractivity contribution is -0.137. The van der Waals surface area contributed by atoms with E-state index in [0.717, 1.165) is 12.3 Å². The van der Waals surface area contributed by atoms with Crippen molar-refractivity contribution < 1.29 is 26.3 Å². The third-order valence-corrected chi connectivity index (χ3v) is 6.86. The molecule has 1 aromatic heterocycles. The molecule has 2 aliphatic heterocycles. The molecule has 3 heterocycles. The van der Waals surface area contributed by atoms with E-state index in [1.54, 1.807) is 0 Å². The van der Waals surface area contributed by atoms with E-state index < -0.39 is 21.9 Å². The van der Waals surface area contributed by atoms with Crippen LogP contribution in [0.4, 0.5) is 19.0 Å². The summed E-state index contributed by atoms with van der Waals surface area (Å²) in [5.74, 6) is 0.417. The molecule has 7 nitrogen and oxygen atoms in total. The summed E-state index contributed by atoms with van der Waals surface area (Å²) in [6.07, 6.45) is -3.39. The number of halogens is 3. The van der Waals surface area contributed by atoms with Gasteiger partial charge in [-0.3, -0.25) is 0 Å². The number of ether oxygens (including phenoxy) is 1. The highest BCUT2D eigenvalue weighted by molar-refractivity contribution is 7.86. The normalized spacial score (nSPS) is 26.2. The maximum absolute atomic E-state index is 13.0. The lowest BCUT2D eigenvalue weighted by Crippen LogP contribution is -2.53. The van der Waals surface area contributed by atoms with Crippen LogP contribution in [0.5, 0.6) is 0 Å². The van der Waals surface area contributed by atoms with Gasteiger partial charge in [-0.25, -0.2) is 4.98 Å². The van der Waals surface area contributed by atoms with Crippen LogP contribution < -0.4 is 4.90 Å². The first kappa shape index (κ1) is 21.3. The van der Waals surface area contributed by atoms with Crippen LogP contribution in [0.3, 0.4) is 0 Å². The fraction of sp³-hybridized carbons (Fsp3) is 0.706. The molecule has 2 atom stereocenters. The van der Waals surface area contributed by atoms with Crippen LogP contribution in [-0.2, 0) is 21.1 Å². The average molecular weight is 422 g/mol. The van der Waals surface area contributed by atoms with Crippen molar-refractivity contribution in [3.63, 3.8) is 0 Å². The van der Waals surface area contributed by atoms with E-state index in [9.17, 15) is 21.6 Å². The highest BCUT2D eigenvalue weighted by Crippen LogP contribution is 2.29. The van der Waals surface area contributed by atoms with Gasteiger partial charge in [-0.05, 0) is 32.4 Å². The third kappa shape index (κ3) is 4.76.